The Morgan fingerprint density at radius 2 is 2.00 bits per heavy atom. The molecule has 1 aromatic rings. The number of carbonyl (C=O) groups is 3. The Morgan fingerprint density at radius 1 is 1.27 bits per heavy atom. The van der Waals surface area contributed by atoms with Gasteiger partial charge in [-0.1, -0.05) is 30.3 Å². The predicted molar refractivity (Wildman–Crippen MR) is 115 cm³/mol. The summed E-state index contributed by atoms with van der Waals surface area (Å²) in [6, 6.07) is 7.68. The van der Waals surface area contributed by atoms with Gasteiger partial charge in [0.15, 0.2) is 0 Å². The van der Waals surface area contributed by atoms with Crippen LogP contribution in [-0.4, -0.2) is 70.1 Å². The van der Waals surface area contributed by atoms with Crippen LogP contribution in [0.25, 0.3) is 0 Å². The number of ether oxygens (including phenoxy) is 1. The van der Waals surface area contributed by atoms with Crippen LogP contribution in [0, 0.1) is 5.92 Å². The molecule has 2 aliphatic heterocycles. The number of carboxylic acids is 1. The molecule has 3 unspecified atom stereocenters. The normalized spacial score (nSPS) is 24.9. The van der Waals surface area contributed by atoms with Gasteiger partial charge >= 0.3 is 11.9 Å². The average Bonchev–Trinajstić information content (AvgIpc) is 3.32. The Bertz CT molecular complexity index is 759. The highest BCUT2D eigenvalue weighted by molar-refractivity contribution is 7.99. The van der Waals surface area contributed by atoms with E-state index in [0.717, 1.165) is 17.1 Å². The second-order valence-corrected chi connectivity index (χ2v) is 8.99. The van der Waals surface area contributed by atoms with Crippen LogP contribution in [0.2, 0.25) is 0 Å². The van der Waals surface area contributed by atoms with E-state index >= 15 is 0 Å². The van der Waals surface area contributed by atoms with E-state index in [4.69, 9.17) is 4.74 Å². The van der Waals surface area contributed by atoms with E-state index in [1.807, 2.05) is 30.3 Å². The van der Waals surface area contributed by atoms with E-state index in [1.165, 1.54) is 0 Å². The van der Waals surface area contributed by atoms with Crippen LogP contribution in [0.1, 0.15) is 32.3 Å². The van der Waals surface area contributed by atoms with E-state index in [0.29, 0.717) is 19.3 Å². The van der Waals surface area contributed by atoms with Crippen molar-refractivity contribution in [3.63, 3.8) is 0 Å². The highest BCUT2D eigenvalue weighted by atomic mass is 32.2. The first-order valence-electron chi connectivity index (χ1n) is 10.5. The van der Waals surface area contributed by atoms with Gasteiger partial charge in [-0.05, 0) is 50.3 Å². The summed E-state index contributed by atoms with van der Waals surface area (Å²) in [5, 5.41) is 12.7. The van der Waals surface area contributed by atoms with Crippen LogP contribution in [0.15, 0.2) is 30.3 Å². The van der Waals surface area contributed by atoms with Gasteiger partial charge in [0.1, 0.15) is 12.1 Å². The topological polar surface area (TPSA) is 95.9 Å². The molecule has 2 aliphatic rings. The zero-order valence-corrected chi connectivity index (χ0v) is 18.3. The molecular weight excluding hydrogens is 404 g/mol. The minimum Gasteiger partial charge on any atom is -0.480 e. The minimum absolute atomic E-state index is 0.0433. The van der Waals surface area contributed by atoms with Gasteiger partial charge in [-0.2, -0.15) is 11.8 Å². The summed E-state index contributed by atoms with van der Waals surface area (Å²) < 4.78 is 5.20. The molecule has 0 spiro atoms. The third-order valence-corrected chi connectivity index (χ3v) is 7.12. The molecule has 0 aliphatic carbocycles. The summed E-state index contributed by atoms with van der Waals surface area (Å²) in [6.07, 6.45) is 1.66. The number of amides is 1. The van der Waals surface area contributed by atoms with Gasteiger partial charge in [-0.25, -0.2) is 4.79 Å². The zero-order chi connectivity index (χ0) is 21.7. The number of benzene rings is 1. The molecule has 0 radical (unpaired) electrons. The number of rotatable bonds is 9. The second kappa shape index (κ2) is 10.3. The molecule has 2 fully saturated rings. The highest BCUT2D eigenvalue weighted by Crippen LogP contribution is 2.40. The van der Waals surface area contributed by atoms with Crippen molar-refractivity contribution in [1.29, 1.82) is 0 Å². The summed E-state index contributed by atoms with van der Waals surface area (Å²) in [7, 11) is 0. The fourth-order valence-electron chi connectivity index (χ4n) is 4.35. The smallest absolute Gasteiger partial charge is 0.326 e. The zero-order valence-electron chi connectivity index (χ0n) is 17.5. The van der Waals surface area contributed by atoms with Crippen LogP contribution >= 0.6 is 11.8 Å². The third kappa shape index (κ3) is 5.16. The summed E-state index contributed by atoms with van der Waals surface area (Å²) in [5.74, 6) is 0.280. The molecule has 0 bridgehead atoms. The maximum Gasteiger partial charge on any atom is 0.326 e. The number of nitrogens with one attached hydrogen (secondary N) is 1. The van der Waals surface area contributed by atoms with Crippen LogP contribution in [0.4, 0.5) is 0 Å². The minimum atomic E-state index is -0.957. The lowest BCUT2D eigenvalue weighted by atomic mass is 10.0. The van der Waals surface area contributed by atoms with Crippen LogP contribution in [-0.2, 0) is 25.5 Å². The van der Waals surface area contributed by atoms with Gasteiger partial charge in [-0.3, -0.25) is 14.9 Å². The number of esters is 1. The van der Waals surface area contributed by atoms with Gasteiger partial charge in [0, 0.05) is 11.8 Å². The standard InChI is InChI=1S/C22H30N2O5S/c1-3-29-22(28)17(10-9-15-7-5-4-6-8-15)23-14(2)20(25)24-18(21(26)27)11-16-12-30-13-19(16)24/h4-8,14,16-19,23H,3,9-13H2,1-2H3,(H,26,27)/t14?,16?,17-,18-,19?/m0/s1. The van der Waals surface area contributed by atoms with E-state index in [1.54, 1.807) is 30.5 Å². The summed E-state index contributed by atoms with van der Waals surface area (Å²) in [6.45, 7) is 3.71. The van der Waals surface area contributed by atoms with Crippen LogP contribution < -0.4 is 5.32 Å². The lowest BCUT2D eigenvalue weighted by Gasteiger charge is -2.31. The van der Waals surface area contributed by atoms with E-state index in [9.17, 15) is 19.5 Å². The number of nitrogens with zero attached hydrogens (tertiary/aromatic N) is 1. The Hall–Kier alpha value is -2.06. The van der Waals surface area contributed by atoms with E-state index in [2.05, 4.69) is 5.32 Å². The first-order valence-corrected chi connectivity index (χ1v) is 11.7. The van der Waals surface area contributed by atoms with Crippen LogP contribution in [0.3, 0.4) is 0 Å². The number of hydrogen-bond donors (Lipinski definition) is 2. The van der Waals surface area contributed by atoms with Gasteiger partial charge in [0.25, 0.3) is 0 Å². The fourth-order valence-corrected chi connectivity index (χ4v) is 5.82. The van der Waals surface area contributed by atoms with Gasteiger partial charge in [-0.15, -0.1) is 0 Å². The fraction of sp³-hybridized carbons (Fsp3) is 0.591. The van der Waals surface area contributed by atoms with Crippen molar-refractivity contribution in [1.82, 2.24) is 10.2 Å². The average molecular weight is 435 g/mol. The molecule has 3 rings (SSSR count). The van der Waals surface area contributed by atoms with Crippen molar-refractivity contribution in [2.24, 2.45) is 5.92 Å². The number of carbonyl (C=O) groups excluding carboxylic acids is 2. The molecule has 2 saturated heterocycles. The highest BCUT2D eigenvalue weighted by Gasteiger charge is 2.50. The first-order chi connectivity index (χ1) is 14.4. The Labute approximate surface area is 181 Å². The van der Waals surface area contributed by atoms with Gasteiger partial charge in [0.05, 0.1) is 12.6 Å². The Balaban J connectivity index is 1.68. The Kier molecular flexibility index (Phi) is 7.77. The molecule has 1 amide bonds. The summed E-state index contributed by atoms with van der Waals surface area (Å²) >= 11 is 1.76. The number of carboxylic acid groups (broad SMARTS) is 1. The molecule has 164 valence electrons. The monoisotopic (exact) mass is 434 g/mol. The molecule has 5 atom stereocenters. The molecule has 0 aromatic heterocycles. The molecule has 2 heterocycles. The number of fused-ring (bicyclic) bond motifs is 1. The summed E-state index contributed by atoms with van der Waals surface area (Å²) in [4.78, 5) is 39.0. The van der Waals surface area contributed by atoms with Crippen molar-refractivity contribution in [2.45, 2.75) is 57.3 Å². The molecule has 2 N–H and O–H groups in total. The van der Waals surface area contributed by atoms with Crippen molar-refractivity contribution in [3.8, 4) is 0 Å². The molecule has 0 saturated carbocycles. The predicted octanol–water partition coefficient (Wildman–Crippen LogP) is 1.95. The number of likely N-dealkylation sites (tertiary alicyclic amines) is 1. The number of aliphatic carboxylic acids is 1. The Morgan fingerprint density at radius 3 is 2.67 bits per heavy atom. The number of thioether (sulfide) groups is 1. The van der Waals surface area contributed by atoms with E-state index in [-0.39, 0.29) is 24.5 Å². The maximum atomic E-state index is 13.2. The molecule has 8 heteroatoms. The molecular formula is C22H30N2O5S. The largest absolute Gasteiger partial charge is 0.480 e. The SMILES string of the molecule is CCOC(=O)[C@H](CCc1ccccc1)NC(C)C(=O)N1C2CSCC2C[C@H]1C(=O)O. The second-order valence-electron chi connectivity index (χ2n) is 7.92. The van der Waals surface area contributed by atoms with Gasteiger partial charge < -0.3 is 14.7 Å². The molecule has 1 aromatic carbocycles. The van der Waals surface area contributed by atoms with E-state index < -0.39 is 30.1 Å². The maximum absolute atomic E-state index is 13.2. The van der Waals surface area contributed by atoms with Crippen molar-refractivity contribution in [2.75, 3.05) is 18.1 Å². The quantitative estimate of drug-likeness (QED) is 0.574. The van der Waals surface area contributed by atoms with Crippen molar-refractivity contribution in [3.05, 3.63) is 35.9 Å². The number of aryl methyl sites for hydroxylation is 1. The number of hydrogen-bond acceptors (Lipinski definition) is 6. The lowest BCUT2D eigenvalue weighted by molar-refractivity contribution is -0.151. The first kappa shape index (κ1) is 22.6. The molecule has 7 nitrogen and oxygen atoms in total. The summed E-state index contributed by atoms with van der Waals surface area (Å²) in [5.41, 5.74) is 1.10. The lowest BCUT2D eigenvalue weighted by Crippen LogP contribution is -2.55. The van der Waals surface area contributed by atoms with Gasteiger partial charge in [0.2, 0.25) is 5.91 Å². The van der Waals surface area contributed by atoms with Crippen molar-refractivity contribution < 1.29 is 24.2 Å². The third-order valence-electron chi connectivity index (χ3n) is 5.88. The molecule has 30 heavy (non-hydrogen) atoms. The van der Waals surface area contributed by atoms with Crippen molar-refractivity contribution >= 4 is 29.6 Å². The van der Waals surface area contributed by atoms with Crippen LogP contribution in [0.5, 0.6) is 0 Å².